The van der Waals surface area contributed by atoms with Crippen LogP contribution in [0.4, 0.5) is 14.5 Å². The number of carbonyl (C=O) groups excluding carboxylic acids is 1. The van der Waals surface area contributed by atoms with Crippen LogP contribution in [0.3, 0.4) is 0 Å². The Morgan fingerprint density at radius 2 is 1.76 bits per heavy atom. The second-order valence-electron chi connectivity index (χ2n) is 8.37. The highest BCUT2D eigenvalue weighted by Gasteiger charge is 2.27. The number of hydrogen-bond acceptors (Lipinski definition) is 3. The van der Waals surface area contributed by atoms with Crippen LogP contribution in [0, 0.1) is 17.6 Å². The van der Waals surface area contributed by atoms with E-state index in [4.69, 9.17) is 4.98 Å². The van der Waals surface area contributed by atoms with E-state index < -0.39 is 5.82 Å². The van der Waals surface area contributed by atoms with Crippen LogP contribution in [0.15, 0.2) is 72.8 Å². The summed E-state index contributed by atoms with van der Waals surface area (Å²) < 4.78 is 29.5. The van der Waals surface area contributed by atoms with Gasteiger partial charge in [0.15, 0.2) is 0 Å². The number of aromatic nitrogens is 2. The highest BCUT2D eigenvalue weighted by atomic mass is 19.1. The van der Waals surface area contributed by atoms with Gasteiger partial charge in [-0.25, -0.2) is 13.8 Å². The molecule has 1 aliphatic rings. The van der Waals surface area contributed by atoms with Crippen LogP contribution >= 0.6 is 0 Å². The summed E-state index contributed by atoms with van der Waals surface area (Å²) in [4.78, 5) is 19.9. The summed E-state index contributed by atoms with van der Waals surface area (Å²) in [5.74, 6) is -0.298. The minimum atomic E-state index is -0.438. The number of anilines is 1. The molecular formula is C26H24F2N4O. The standard InChI is InChI=1S/C26H24F2N4O/c27-19-11-13-20(14-12-19)32-24-10-4-3-9-23(24)29-25(32)17-31-15-5-6-18(16-31)26(33)30-22-8-2-1-7-21(22)28/h1-4,7-14,18H,5-6,15-17H2,(H,30,33)/t18-/m1/s1. The number of likely N-dealkylation sites (tertiary alicyclic amines) is 1. The summed E-state index contributed by atoms with van der Waals surface area (Å²) in [5.41, 5.74) is 2.86. The van der Waals surface area contributed by atoms with E-state index in [2.05, 4.69) is 10.2 Å². The van der Waals surface area contributed by atoms with Gasteiger partial charge < -0.3 is 5.32 Å². The zero-order chi connectivity index (χ0) is 22.8. The van der Waals surface area contributed by atoms with E-state index in [1.807, 2.05) is 28.8 Å². The summed E-state index contributed by atoms with van der Waals surface area (Å²) in [6.07, 6.45) is 1.62. The third-order valence-corrected chi connectivity index (χ3v) is 6.09. The average Bonchev–Trinajstić information content (AvgIpc) is 3.19. The summed E-state index contributed by atoms with van der Waals surface area (Å²) in [6.45, 7) is 1.96. The molecule has 33 heavy (non-hydrogen) atoms. The zero-order valence-electron chi connectivity index (χ0n) is 18.0. The summed E-state index contributed by atoms with van der Waals surface area (Å²) in [6, 6.07) is 20.4. The summed E-state index contributed by atoms with van der Waals surface area (Å²) in [5, 5.41) is 2.73. The predicted molar refractivity (Wildman–Crippen MR) is 124 cm³/mol. The van der Waals surface area contributed by atoms with Crippen LogP contribution in [-0.2, 0) is 11.3 Å². The van der Waals surface area contributed by atoms with Gasteiger partial charge >= 0.3 is 0 Å². The maximum atomic E-state index is 14.0. The molecule has 0 aliphatic carbocycles. The number of imidazole rings is 1. The normalized spacial score (nSPS) is 16.7. The smallest absolute Gasteiger partial charge is 0.228 e. The minimum Gasteiger partial charge on any atom is -0.323 e. The van der Waals surface area contributed by atoms with Gasteiger partial charge in [-0.05, 0) is 67.9 Å². The van der Waals surface area contributed by atoms with Gasteiger partial charge in [0.1, 0.15) is 17.5 Å². The first-order valence-electron chi connectivity index (χ1n) is 11.1. The molecule has 1 aromatic heterocycles. The molecule has 168 valence electrons. The van der Waals surface area contributed by atoms with E-state index in [1.54, 1.807) is 30.3 Å². The Hall–Kier alpha value is -3.58. The molecule has 1 amide bonds. The largest absolute Gasteiger partial charge is 0.323 e. The van der Waals surface area contributed by atoms with Gasteiger partial charge in [-0.15, -0.1) is 0 Å². The fourth-order valence-corrected chi connectivity index (χ4v) is 4.47. The van der Waals surface area contributed by atoms with Crippen LogP contribution < -0.4 is 5.32 Å². The second-order valence-corrected chi connectivity index (χ2v) is 8.37. The summed E-state index contributed by atoms with van der Waals surface area (Å²) in [7, 11) is 0. The Morgan fingerprint density at radius 1 is 1.00 bits per heavy atom. The number of benzene rings is 3. The van der Waals surface area contributed by atoms with Crippen molar-refractivity contribution >= 4 is 22.6 Å². The second kappa shape index (κ2) is 9.11. The number of nitrogens with one attached hydrogen (secondary N) is 1. The number of nitrogens with zero attached hydrogens (tertiary/aromatic N) is 3. The van der Waals surface area contributed by atoms with Crippen molar-refractivity contribution in [3.05, 3.63) is 90.3 Å². The van der Waals surface area contributed by atoms with E-state index in [9.17, 15) is 13.6 Å². The molecule has 0 unspecified atom stereocenters. The van der Waals surface area contributed by atoms with Crippen molar-refractivity contribution in [3.63, 3.8) is 0 Å². The fourth-order valence-electron chi connectivity index (χ4n) is 4.47. The van der Waals surface area contributed by atoms with Crippen LogP contribution in [0.1, 0.15) is 18.7 Å². The number of carbonyl (C=O) groups is 1. The highest BCUT2D eigenvalue weighted by Crippen LogP contribution is 2.25. The van der Waals surface area contributed by atoms with E-state index in [1.165, 1.54) is 18.2 Å². The Morgan fingerprint density at radius 3 is 2.58 bits per heavy atom. The van der Waals surface area contributed by atoms with Crippen LogP contribution in [-0.4, -0.2) is 33.4 Å². The average molecular weight is 447 g/mol. The van der Waals surface area contributed by atoms with Crippen molar-refractivity contribution in [2.24, 2.45) is 5.92 Å². The topological polar surface area (TPSA) is 50.2 Å². The van der Waals surface area contributed by atoms with Gasteiger partial charge in [0.05, 0.1) is 29.2 Å². The van der Waals surface area contributed by atoms with Gasteiger partial charge in [0.25, 0.3) is 0 Å². The molecule has 2 heterocycles. The third-order valence-electron chi connectivity index (χ3n) is 6.09. The molecule has 0 radical (unpaired) electrons. The Balaban J connectivity index is 1.37. The molecule has 1 saturated heterocycles. The molecule has 1 N–H and O–H groups in total. The number of halogens is 2. The molecule has 5 rings (SSSR count). The molecule has 1 aliphatic heterocycles. The number of para-hydroxylation sites is 3. The van der Waals surface area contributed by atoms with Gasteiger partial charge in [-0.1, -0.05) is 24.3 Å². The maximum Gasteiger partial charge on any atom is 0.228 e. The summed E-state index contributed by atoms with van der Waals surface area (Å²) >= 11 is 0. The first kappa shape index (κ1) is 21.3. The SMILES string of the molecule is O=C(Nc1ccccc1F)[C@@H]1CCCN(Cc2nc3ccccc3n2-c2ccc(F)cc2)C1. The molecule has 7 heteroatoms. The van der Waals surface area contributed by atoms with Crippen LogP contribution in [0.5, 0.6) is 0 Å². The lowest BCUT2D eigenvalue weighted by Crippen LogP contribution is -2.40. The molecule has 3 aromatic carbocycles. The lowest BCUT2D eigenvalue weighted by atomic mass is 9.97. The molecular weight excluding hydrogens is 422 g/mol. The van der Waals surface area contributed by atoms with E-state index >= 15 is 0 Å². The van der Waals surface area contributed by atoms with E-state index in [0.717, 1.165) is 41.9 Å². The van der Waals surface area contributed by atoms with Crippen molar-refractivity contribution in [1.29, 1.82) is 0 Å². The van der Waals surface area contributed by atoms with Gasteiger partial charge in [-0.3, -0.25) is 14.3 Å². The molecule has 0 spiro atoms. The number of rotatable bonds is 5. The van der Waals surface area contributed by atoms with Gasteiger partial charge in [0.2, 0.25) is 5.91 Å². The number of hydrogen-bond donors (Lipinski definition) is 1. The predicted octanol–water partition coefficient (Wildman–Crippen LogP) is 5.15. The van der Waals surface area contributed by atoms with Crippen molar-refractivity contribution in [2.75, 3.05) is 18.4 Å². The van der Waals surface area contributed by atoms with Crippen molar-refractivity contribution < 1.29 is 13.6 Å². The highest BCUT2D eigenvalue weighted by molar-refractivity contribution is 5.92. The molecule has 0 bridgehead atoms. The van der Waals surface area contributed by atoms with Crippen molar-refractivity contribution in [2.45, 2.75) is 19.4 Å². The molecule has 0 saturated carbocycles. The van der Waals surface area contributed by atoms with Crippen molar-refractivity contribution in [3.8, 4) is 5.69 Å². The van der Waals surface area contributed by atoms with Crippen LogP contribution in [0.25, 0.3) is 16.7 Å². The van der Waals surface area contributed by atoms with Crippen molar-refractivity contribution in [1.82, 2.24) is 14.5 Å². The monoisotopic (exact) mass is 446 g/mol. The lowest BCUT2D eigenvalue weighted by Gasteiger charge is -2.31. The zero-order valence-corrected chi connectivity index (χ0v) is 18.0. The van der Waals surface area contributed by atoms with E-state index in [0.29, 0.717) is 13.1 Å². The quantitative estimate of drug-likeness (QED) is 0.461. The van der Waals surface area contributed by atoms with Crippen LogP contribution in [0.2, 0.25) is 0 Å². The molecule has 1 atom stereocenters. The lowest BCUT2D eigenvalue weighted by molar-refractivity contribution is -0.121. The number of fused-ring (bicyclic) bond motifs is 1. The Bertz CT molecular complexity index is 1290. The Kier molecular flexibility index (Phi) is 5.88. The first-order valence-corrected chi connectivity index (χ1v) is 11.1. The molecule has 5 nitrogen and oxygen atoms in total. The van der Waals surface area contributed by atoms with E-state index in [-0.39, 0.29) is 23.3 Å². The first-order chi connectivity index (χ1) is 16.1. The number of piperidine rings is 1. The number of amides is 1. The molecule has 4 aromatic rings. The molecule has 1 fully saturated rings. The van der Waals surface area contributed by atoms with Gasteiger partial charge in [-0.2, -0.15) is 0 Å². The Labute approximate surface area is 190 Å². The van der Waals surface area contributed by atoms with Gasteiger partial charge in [0, 0.05) is 12.2 Å². The maximum absolute atomic E-state index is 14.0. The minimum absolute atomic E-state index is 0.170. The third kappa shape index (κ3) is 4.50. The fraction of sp³-hybridized carbons (Fsp3) is 0.231.